The molecule has 0 spiro atoms. The van der Waals surface area contributed by atoms with E-state index in [1.165, 1.54) is 16.0 Å². The quantitative estimate of drug-likeness (QED) is 0.731. The molecular weight excluding hydrogens is 328 g/mol. The molecule has 0 radical (unpaired) electrons. The molecule has 6 nitrogen and oxygen atoms in total. The minimum absolute atomic E-state index is 0.0197. The predicted molar refractivity (Wildman–Crippen MR) is 104 cm³/mol. The molecule has 1 saturated heterocycles. The molecule has 0 aromatic heterocycles. The average Bonchev–Trinajstić information content (AvgIpc) is 2.66. The minimum Gasteiger partial charge on any atom is -0.355 e. The average molecular weight is 361 g/mol. The van der Waals surface area contributed by atoms with Gasteiger partial charge in [0.25, 0.3) is 0 Å². The Morgan fingerprint density at radius 2 is 2.00 bits per heavy atom. The van der Waals surface area contributed by atoms with Crippen LogP contribution in [0.1, 0.15) is 37.4 Å². The van der Waals surface area contributed by atoms with Gasteiger partial charge in [-0.2, -0.15) is 0 Å². The van der Waals surface area contributed by atoms with E-state index >= 15 is 0 Å². The fourth-order valence-corrected chi connectivity index (χ4v) is 3.16. The fourth-order valence-electron chi connectivity index (χ4n) is 3.16. The third-order valence-corrected chi connectivity index (χ3v) is 4.84. The summed E-state index contributed by atoms with van der Waals surface area (Å²) in [5.41, 5.74) is 2.54. The third kappa shape index (κ3) is 5.81. The van der Waals surface area contributed by atoms with Gasteiger partial charge in [0.05, 0.1) is 13.1 Å². The van der Waals surface area contributed by atoms with Crippen molar-refractivity contribution in [2.24, 2.45) is 0 Å². The zero-order chi connectivity index (χ0) is 18.9. The SMILES string of the molecule is CCCNC(=O)CN(C)C(=O)CN1CCNCC1c1ccc(CC)cc1. The Hall–Kier alpha value is -1.92. The monoisotopic (exact) mass is 360 g/mol. The lowest BCUT2D eigenvalue weighted by atomic mass is 10.0. The van der Waals surface area contributed by atoms with Gasteiger partial charge < -0.3 is 15.5 Å². The Morgan fingerprint density at radius 1 is 1.27 bits per heavy atom. The predicted octanol–water partition coefficient (Wildman–Crippen LogP) is 1.18. The molecule has 2 amide bonds. The normalized spacial score (nSPS) is 17.7. The van der Waals surface area contributed by atoms with E-state index in [9.17, 15) is 9.59 Å². The summed E-state index contributed by atoms with van der Waals surface area (Å²) >= 11 is 0. The van der Waals surface area contributed by atoms with Crippen LogP contribution in [0.3, 0.4) is 0 Å². The van der Waals surface area contributed by atoms with Gasteiger partial charge >= 0.3 is 0 Å². The first kappa shape index (κ1) is 20.4. The van der Waals surface area contributed by atoms with Crippen LogP contribution < -0.4 is 10.6 Å². The maximum absolute atomic E-state index is 12.6. The molecule has 1 fully saturated rings. The molecule has 1 aromatic carbocycles. The molecule has 1 aliphatic rings. The molecule has 2 N–H and O–H groups in total. The van der Waals surface area contributed by atoms with Gasteiger partial charge in [0.2, 0.25) is 11.8 Å². The highest BCUT2D eigenvalue weighted by Gasteiger charge is 2.26. The highest BCUT2D eigenvalue weighted by Crippen LogP contribution is 2.22. The summed E-state index contributed by atoms with van der Waals surface area (Å²) in [5.74, 6) is -0.122. The van der Waals surface area contributed by atoms with Crippen LogP contribution in [0.2, 0.25) is 0 Å². The topological polar surface area (TPSA) is 64.7 Å². The highest BCUT2D eigenvalue weighted by atomic mass is 16.2. The van der Waals surface area contributed by atoms with Gasteiger partial charge in [-0.05, 0) is 24.0 Å². The first-order valence-electron chi connectivity index (χ1n) is 9.59. The fraction of sp³-hybridized carbons (Fsp3) is 0.600. The second-order valence-corrected chi connectivity index (χ2v) is 6.89. The number of benzene rings is 1. The van der Waals surface area contributed by atoms with Crippen molar-refractivity contribution in [2.75, 3.05) is 46.3 Å². The molecule has 1 aliphatic heterocycles. The first-order valence-corrected chi connectivity index (χ1v) is 9.59. The summed E-state index contributed by atoms with van der Waals surface area (Å²) in [6.07, 6.45) is 1.92. The first-order chi connectivity index (χ1) is 12.5. The van der Waals surface area contributed by atoms with Gasteiger partial charge in [-0.3, -0.25) is 14.5 Å². The largest absolute Gasteiger partial charge is 0.355 e. The molecule has 0 bridgehead atoms. The van der Waals surface area contributed by atoms with Crippen LogP contribution in [0.25, 0.3) is 0 Å². The van der Waals surface area contributed by atoms with Crippen LogP contribution in [0, 0.1) is 0 Å². The van der Waals surface area contributed by atoms with E-state index in [4.69, 9.17) is 0 Å². The van der Waals surface area contributed by atoms with E-state index in [0.29, 0.717) is 13.1 Å². The number of hydrogen-bond acceptors (Lipinski definition) is 4. The Labute approximate surface area is 156 Å². The van der Waals surface area contributed by atoms with Gasteiger partial charge in [0.1, 0.15) is 0 Å². The summed E-state index contributed by atoms with van der Waals surface area (Å²) < 4.78 is 0. The number of carbonyl (C=O) groups is 2. The smallest absolute Gasteiger partial charge is 0.239 e. The molecule has 1 heterocycles. The van der Waals surface area contributed by atoms with Crippen LogP contribution >= 0.6 is 0 Å². The van der Waals surface area contributed by atoms with E-state index < -0.39 is 0 Å². The van der Waals surface area contributed by atoms with E-state index in [1.54, 1.807) is 7.05 Å². The maximum Gasteiger partial charge on any atom is 0.239 e. The summed E-state index contributed by atoms with van der Waals surface area (Å²) in [6, 6.07) is 8.83. The summed E-state index contributed by atoms with van der Waals surface area (Å²) in [7, 11) is 1.70. The molecule has 26 heavy (non-hydrogen) atoms. The zero-order valence-electron chi connectivity index (χ0n) is 16.3. The van der Waals surface area contributed by atoms with Crippen molar-refractivity contribution in [3.05, 3.63) is 35.4 Å². The maximum atomic E-state index is 12.6. The van der Waals surface area contributed by atoms with Gasteiger partial charge in [0, 0.05) is 39.3 Å². The van der Waals surface area contributed by atoms with Crippen LogP contribution in [0.4, 0.5) is 0 Å². The van der Waals surface area contributed by atoms with Crippen molar-refractivity contribution in [1.82, 2.24) is 20.4 Å². The Kier molecular flexibility index (Phi) is 8.06. The molecule has 1 aromatic rings. The number of nitrogens with one attached hydrogen (secondary N) is 2. The molecule has 0 saturated carbocycles. The second-order valence-electron chi connectivity index (χ2n) is 6.89. The lowest BCUT2D eigenvalue weighted by molar-refractivity contribution is -0.136. The minimum atomic E-state index is -0.102. The van der Waals surface area contributed by atoms with Crippen molar-refractivity contribution in [1.29, 1.82) is 0 Å². The summed E-state index contributed by atoms with van der Waals surface area (Å²) in [6.45, 7) is 7.77. The van der Waals surface area contributed by atoms with Crippen molar-refractivity contribution in [3.8, 4) is 0 Å². The van der Waals surface area contributed by atoms with E-state index in [0.717, 1.165) is 32.5 Å². The number of piperazine rings is 1. The van der Waals surface area contributed by atoms with Crippen LogP contribution in [0.15, 0.2) is 24.3 Å². The zero-order valence-corrected chi connectivity index (χ0v) is 16.3. The molecular formula is C20H32N4O2. The van der Waals surface area contributed by atoms with E-state index in [2.05, 4.69) is 46.7 Å². The standard InChI is InChI=1S/C20H32N4O2/c1-4-10-22-19(25)14-23(3)20(26)15-24-12-11-21-13-18(24)17-8-6-16(5-2)7-9-17/h6-9,18,21H,4-5,10-15H2,1-3H3,(H,22,25). The van der Waals surface area contributed by atoms with Crippen LogP contribution in [0.5, 0.6) is 0 Å². The number of hydrogen-bond donors (Lipinski definition) is 2. The van der Waals surface area contributed by atoms with E-state index in [-0.39, 0.29) is 24.4 Å². The van der Waals surface area contributed by atoms with Crippen LogP contribution in [-0.2, 0) is 16.0 Å². The van der Waals surface area contributed by atoms with Gasteiger partial charge in [-0.1, -0.05) is 38.1 Å². The number of amides is 2. The third-order valence-electron chi connectivity index (χ3n) is 4.84. The molecule has 144 valence electrons. The van der Waals surface area contributed by atoms with Gasteiger partial charge in [-0.25, -0.2) is 0 Å². The number of likely N-dealkylation sites (N-methyl/N-ethyl adjacent to an activating group) is 1. The highest BCUT2D eigenvalue weighted by molar-refractivity contribution is 5.85. The molecule has 2 rings (SSSR count). The number of aryl methyl sites for hydroxylation is 1. The van der Waals surface area contributed by atoms with Crippen molar-refractivity contribution in [2.45, 2.75) is 32.7 Å². The molecule has 1 unspecified atom stereocenters. The number of carbonyl (C=O) groups excluding carboxylic acids is 2. The van der Waals surface area contributed by atoms with Crippen molar-refractivity contribution < 1.29 is 9.59 Å². The Bertz CT molecular complexity index is 588. The summed E-state index contributed by atoms with van der Waals surface area (Å²) in [5, 5.41) is 6.23. The van der Waals surface area contributed by atoms with Crippen molar-refractivity contribution in [3.63, 3.8) is 0 Å². The van der Waals surface area contributed by atoms with Crippen molar-refractivity contribution >= 4 is 11.8 Å². The van der Waals surface area contributed by atoms with Gasteiger partial charge in [-0.15, -0.1) is 0 Å². The van der Waals surface area contributed by atoms with Gasteiger partial charge in [0.15, 0.2) is 0 Å². The number of rotatable bonds is 8. The van der Waals surface area contributed by atoms with E-state index in [1.807, 2.05) is 6.92 Å². The molecule has 6 heteroatoms. The summed E-state index contributed by atoms with van der Waals surface area (Å²) in [4.78, 5) is 28.1. The number of nitrogens with zero attached hydrogens (tertiary/aromatic N) is 2. The lowest BCUT2D eigenvalue weighted by Crippen LogP contribution is -2.50. The Balaban J connectivity index is 1.95. The second kappa shape index (κ2) is 10.3. The lowest BCUT2D eigenvalue weighted by Gasteiger charge is -2.36. The molecule has 1 atom stereocenters. The van der Waals surface area contributed by atoms with Crippen LogP contribution in [-0.4, -0.2) is 67.9 Å². The Morgan fingerprint density at radius 3 is 2.65 bits per heavy atom. The molecule has 0 aliphatic carbocycles.